The third-order valence-electron chi connectivity index (χ3n) is 3.73. The molecule has 10 heteroatoms. The summed E-state index contributed by atoms with van der Waals surface area (Å²) in [6.45, 7) is 5.35. The van der Waals surface area contributed by atoms with Crippen molar-refractivity contribution >= 4 is 33.4 Å². The summed E-state index contributed by atoms with van der Waals surface area (Å²) < 4.78 is 30.7. The number of carbonyl (C=O) groups is 1. The Balaban J connectivity index is 2.08. The summed E-state index contributed by atoms with van der Waals surface area (Å²) in [6, 6.07) is 3.09. The number of benzene rings is 1. The second kappa shape index (κ2) is 8.19. The molecule has 1 amide bonds. The molecule has 0 radical (unpaired) electrons. The number of hydrogen-bond acceptors (Lipinski definition) is 7. The maximum absolute atomic E-state index is 12.4. The highest BCUT2D eigenvalue weighted by atomic mass is 32.2. The van der Waals surface area contributed by atoms with Gasteiger partial charge in [0.25, 0.3) is 0 Å². The van der Waals surface area contributed by atoms with E-state index in [2.05, 4.69) is 15.5 Å². The van der Waals surface area contributed by atoms with Crippen molar-refractivity contribution in [1.82, 2.24) is 14.4 Å². The van der Waals surface area contributed by atoms with Crippen molar-refractivity contribution in [3.8, 4) is 0 Å². The number of aromatic nitrogens is 2. The second-order valence-corrected chi connectivity index (χ2v) is 9.11. The van der Waals surface area contributed by atoms with Crippen LogP contribution >= 0.6 is 11.8 Å². The molecule has 0 saturated carbocycles. The van der Waals surface area contributed by atoms with Gasteiger partial charge in [-0.05, 0) is 37.1 Å². The Labute approximate surface area is 157 Å². The van der Waals surface area contributed by atoms with Crippen LogP contribution in [0.15, 0.2) is 21.6 Å². The van der Waals surface area contributed by atoms with E-state index in [-0.39, 0.29) is 16.6 Å². The first kappa shape index (κ1) is 20.4. The lowest BCUT2D eigenvalue weighted by Gasteiger charge is -2.16. The largest absolute Gasteiger partial charge is 0.340 e. The Bertz CT molecular complexity index is 907. The van der Waals surface area contributed by atoms with Gasteiger partial charge in [0.05, 0.1) is 16.4 Å². The molecule has 0 aliphatic carbocycles. The molecule has 0 aliphatic heterocycles. The van der Waals surface area contributed by atoms with Gasteiger partial charge in [-0.2, -0.15) is 4.98 Å². The average molecular weight is 399 g/mol. The van der Waals surface area contributed by atoms with Crippen molar-refractivity contribution in [2.45, 2.75) is 31.4 Å². The summed E-state index contributed by atoms with van der Waals surface area (Å²) in [5.41, 5.74) is 2.11. The fourth-order valence-electron chi connectivity index (χ4n) is 2.14. The van der Waals surface area contributed by atoms with Crippen LogP contribution in [0, 0.1) is 20.8 Å². The molecule has 0 fully saturated rings. The smallest absolute Gasteiger partial charge is 0.242 e. The number of thioether (sulfide) groups is 1. The molecule has 1 aromatic heterocycles. The predicted molar refractivity (Wildman–Crippen MR) is 101 cm³/mol. The molecule has 0 atom stereocenters. The average Bonchev–Trinajstić information content (AvgIpc) is 2.96. The highest BCUT2D eigenvalue weighted by Crippen LogP contribution is 2.25. The molecule has 26 heavy (non-hydrogen) atoms. The first-order valence-electron chi connectivity index (χ1n) is 7.82. The van der Waals surface area contributed by atoms with Crippen LogP contribution in [0.25, 0.3) is 0 Å². The van der Waals surface area contributed by atoms with E-state index < -0.39 is 10.0 Å². The van der Waals surface area contributed by atoms with Crippen LogP contribution in [0.3, 0.4) is 0 Å². The molecule has 0 aliphatic rings. The van der Waals surface area contributed by atoms with E-state index in [0.717, 1.165) is 15.4 Å². The van der Waals surface area contributed by atoms with E-state index >= 15 is 0 Å². The molecule has 1 N–H and O–H groups in total. The summed E-state index contributed by atoms with van der Waals surface area (Å²) >= 11 is 1.35. The van der Waals surface area contributed by atoms with Gasteiger partial charge in [0.1, 0.15) is 0 Å². The molecule has 0 spiro atoms. The minimum atomic E-state index is -3.58. The van der Waals surface area contributed by atoms with Crippen LogP contribution in [0.4, 0.5) is 5.69 Å². The van der Waals surface area contributed by atoms with Gasteiger partial charge in [0, 0.05) is 26.7 Å². The van der Waals surface area contributed by atoms with Crippen LogP contribution < -0.4 is 5.32 Å². The third-order valence-corrected chi connectivity index (χ3v) is 6.45. The van der Waals surface area contributed by atoms with Gasteiger partial charge in [-0.3, -0.25) is 4.79 Å². The molecule has 1 aromatic carbocycles. The molecule has 2 aromatic rings. The van der Waals surface area contributed by atoms with E-state index in [0.29, 0.717) is 23.2 Å². The minimum Gasteiger partial charge on any atom is -0.340 e. The molecule has 0 bridgehead atoms. The number of anilines is 1. The number of rotatable bonds is 7. The zero-order valence-corrected chi connectivity index (χ0v) is 17.0. The maximum atomic E-state index is 12.4. The quantitative estimate of drug-likeness (QED) is 0.761. The Morgan fingerprint density at radius 2 is 1.96 bits per heavy atom. The third kappa shape index (κ3) is 4.83. The van der Waals surface area contributed by atoms with E-state index in [1.807, 2.05) is 13.8 Å². The van der Waals surface area contributed by atoms with Gasteiger partial charge in [0.2, 0.25) is 21.8 Å². The number of hydrogen-bond donors (Lipinski definition) is 1. The van der Waals surface area contributed by atoms with Crippen molar-refractivity contribution in [3.63, 3.8) is 0 Å². The number of nitrogens with one attached hydrogen (secondary N) is 1. The predicted octanol–water partition coefficient (Wildman–Crippen LogP) is 2.12. The van der Waals surface area contributed by atoms with Crippen LogP contribution in [0.5, 0.6) is 0 Å². The SMILES string of the molecule is Cc1nc(CSCC(=O)Nc2cc(S(=O)(=O)N(C)C)cc(C)c2C)no1. The number of nitrogens with zero attached hydrogens (tertiary/aromatic N) is 3. The summed E-state index contributed by atoms with van der Waals surface area (Å²) in [7, 11) is -0.633. The van der Waals surface area contributed by atoms with Gasteiger partial charge in [-0.15, -0.1) is 11.8 Å². The highest BCUT2D eigenvalue weighted by Gasteiger charge is 2.20. The van der Waals surface area contributed by atoms with E-state index in [1.165, 1.54) is 31.9 Å². The Morgan fingerprint density at radius 3 is 2.54 bits per heavy atom. The van der Waals surface area contributed by atoms with E-state index in [1.54, 1.807) is 13.0 Å². The van der Waals surface area contributed by atoms with Crippen LogP contribution in [-0.2, 0) is 20.6 Å². The topological polar surface area (TPSA) is 105 Å². The number of sulfonamides is 1. The van der Waals surface area contributed by atoms with Gasteiger partial charge >= 0.3 is 0 Å². The standard InChI is InChI=1S/C16H22N4O4S2/c1-10-6-13(26(22,23)20(4)5)7-14(11(10)2)18-16(21)9-25-8-15-17-12(3)24-19-15/h6-7H,8-9H2,1-5H3,(H,18,21). The lowest BCUT2D eigenvalue weighted by atomic mass is 10.1. The van der Waals surface area contributed by atoms with E-state index in [9.17, 15) is 13.2 Å². The number of carbonyl (C=O) groups excluding carboxylic acids is 1. The lowest BCUT2D eigenvalue weighted by Crippen LogP contribution is -2.23. The first-order chi connectivity index (χ1) is 12.1. The summed E-state index contributed by atoms with van der Waals surface area (Å²) in [5.74, 6) is 1.44. The first-order valence-corrected chi connectivity index (χ1v) is 10.4. The maximum Gasteiger partial charge on any atom is 0.242 e. The fourth-order valence-corrected chi connectivity index (χ4v) is 3.81. The monoisotopic (exact) mass is 398 g/mol. The second-order valence-electron chi connectivity index (χ2n) is 5.97. The van der Waals surface area contributed by atoms with Crippen LogP contribution in [0.2, 0.25) is 0 Å². The minimum absolute atomic E-state index is 0.149. The number of aryl methyl sites for hydroxylation is 2. The molecule has 0 unspecified atom stereocenters. The summed E-state index contributed by atoms with van der Waals surface area (Å²) in [5, 5.41) is 6.55. The van der Waals surface area contributed by atoms with Gasteiger partial charge in [-0.1, -0.05) is 5.16 Å². The summed E-state index contributed by atoms with van der Waals surface area (Å²) in [6.07, 6.45) is 0. The Hall–Kier alpha value is -1.91. The van der Waals surface area contributed by atoms with Crippen molar-refractivity contribution in [2.75, 3.05) is 25.2 Å². The van der Waals surface area contributed by atoms with Crippen LogP contribution in [-0.4, -0.2) is 48.6 Å². The van der Waals surface area contributed by atoms with Crippen molar-refractivity contribution in [1.29, 1.82) is 0 Å². The molecule has 0 saturated heterocycles. The highest BCUT2D eigenvalue weighted by molar-refractivity contribution is 7.99. The molecular formula is C16H22N4O4S2. The molecule has 1 heterocycles. The molecule has 142 valence electrons. The zero-order chi connectivity index (χ0) is 19.5. The van der Waals surface area contributed by atoms with Crippen LogP contribution in [0.1, 0.15) is 22.8 Å². The molecule has 2 rings (SSSR count). The van der Waals surface area contributed by atoms with Crippen molar-refractivity contribution in [3.05, 3.63) is 35.0 Å². The molecule has 8 nitrogen and oxygen atoms in total. The lowest BCUT2D eigenvalue weighted by molar-refractivity contribution is -0.113. The van der Waals surface area contributed by atoms with Crippen molar-refractivity contribution < 1.29 is 17.7 Å². The Kier molecular flexibility index (Phi) is 6.43. The van der Waals surface area contributed by atoms with Gasteiger partial charge < -0.3 is 9.84 Å². The Morgan fingerprint density at radius 1 is 1.27 bits per heavy atom. The van der Waals surface area contributed by atoms with E-state index in [4.69, 9.17) is 4.52 Å². The normalized spacial score (nSPS) is 11.8. The molecular weight excluding hydrogens is 376 g/mol. The van der Waals surface area contributed by atoms with Gasteiger partial charge in [-0.25, -0.2) is 12.7 Å². The fraction of sp³-hybridized carbons (Fsp3) is 0.438. The zero-order valence-electron chi connectivity index (χ0n) is 15.4. The number of amides is 1. The van der Waals surface area contributed by atoms with Gasteiger partial charge in [0.15, 0.2) is 5.82 Å². The van der Waals surface area contributed by atoms with Crippen molar-refractivity contribution in [2.24, 2.45) is 0 Å². The summed E-state index contributed by atoms with van der Waals surface area (Å²) in [4.78, 5) is 16.4.